The first-order chi connectivity index (χ1) is 8.63. The van der Waals surface area contributed by atoms with Gasteiger partial charge in [0.25, 0.3) is 0 Å². The Kier molecular flexibility index (Phi) is 6.07. The fraction of sp³-hybridized carbons (Fsp3) is 0.833. The monoisotopic (exact) mass is 256 g/mol. The smallest absolute Gasteiger partial charge is 0.318 e. The van der Waals surface area contributed by atoms with Crippen LogP contribution < -0.4 is 10.2 Å². The average Bonchev–Trinajstić information content (AvgIpc) is 2.80. The molecule has 1 aromatic heterocycles. The second-order valence-electron chi connectivity index (χ2n) is 4.29. The summed E-state index contributed by atoms with van der Waals surface area (Å²) in [5.74, 6) is 0.620. The molecule has 0 bridgehead atoms. The van der Waals surface area contributed by atoms with Crippen LogP contribution in [0, 0.1) is 0 Å². The molecular formula is C12H24N4O2. The topological polar surface area (TPSA) is 63.4 Å². The normalized spacial score (nSPS) is 14.5. The molecule has 0 radical (unpaired) electrons. The molecule has 0 spiro atoms. The van der Waals surface area contributed by atoms with Gasteiger partial charge >= 0.3 is 6.01 Å². The Morgan fingerprint density at radius 3 is 2.61 bits per heavy atom. The van der Waals surface area contributed by atoms with Crippen LogP contribution in [0.5, 0.6) is 0 Å². The molecule has 2 atom stereocenters. The summed E-state index contributed by atoms with van der Waals surface area (Å²) in [5.41, 5.74) is 0. The van der Waals surface area contributed by atoms with Gasteiger partial charge in [-0.1, -0.05) is 12.0 Å². The molecule has 1 N–H and O–H groups in total. The third-order valence-corrected chi connectivity index (χ3v) is 2.84. The predicted molar refractivity (Wildman–Crippen MR) is 70.7 cm³/mol. The molecular weight excluding hydrogens is 232 g/mol. The van der Waals surface area contributed by atoms with E-state index in [2.05, 4.69) is 29.4 Å². The van der Waals surface area contributed by atoms with Gasteiger partial charge in [-0.05, 0) is 27.3 Å². The average molecular weight is 256 g/mol. The van der Waals surface area contributed by atoms with Crippen molar-refractivity contribution in [2.24, 2.45) is 0 Å². The van der Waals surface area contributed by atoms with Gasteiger partial charge in [0.05, 0.1) is 18.7 Å². The van der Waals surface area contributed by atoms with Gasteiger partial charge in [0, 0.05) is 13.7 Å². The van der Waals surface area contributed by atoms with Crippen LogP contribution in [0.25, 0.3) is 0 Å². The van der Waals surface area contributed by atoms with E-state index in [4.69, 9.17) is 9.15 Å². The maximum atomic E-state index is 5.70. The van der Waals surface area contributed by atoms with Gasteiger partial charge in [-0.15, -0.1) is 5.10 Å². The van der Waals surface area contributed by atoms with E-state index in [0.29, 0.717) is 18.5 Å². The molecule has 0 saturated heterocycles. The van der Waals surface area contributed by atoms with E-state index in [0.717, 1.165) is 13.1 Å². The number of anilines is 1. The second-order valence-corrected chi connectivity index (χ2v) is 4.29. The number of aromatic nitrogens is 2. The van der Waals surface area contributed by atoms with Gasteiger partial charge < -0.3 is 19.4 Å². The second kappa shape index (κ2) is 7.33. The minimum atomic E-state index is 0.0766. The van der Waals surface area contributed by atoms with E-state index in [-0.39, 0.29) is 12.1 Å². The zero-order valence-corrected chi connectivity index (χ0v) is 11.9. The number of ether oxygens (including phenoxy) is 1. The van der Waals surface area contributed by atoms with E-state index in [1.54, 1.807) is 7.11 Å². The van der Waals surface area contributed by atoms with Crippen LogP contribution in [-0.4, -0.2) is 43.0 Å². The van der Waals surface area contributed by atoms with E-state index in [1.807, 2.05) is 18.7 Å². The highest BCUT2D eigenvalue weighted by atomic mass is 16.5. The molecule has 6 heteroatoms. The molecule has 0 aliphatic heterocycles. The molecule has 0 aliphatic carbocycles. The molecule has 0 aliphatic rings. The van der Waals surface area contributed by atoms with Crippen LogP contribution in [0.3, 0.4) is 0 Å². The highest BCUT2D eigenvalue weighted by Gasteiger charge is 2.20. The Bertz CT molecular complexity index is 343. The van der Waals surface area contributed by atoms with Crippen LogP contribution in [0.15, 0.2) is 4.42 Å². The zero-order chi connectivity index (χ0) is 13.5. The van der Waals surface area contributed by atoms with E-state index in [1.165, 1.54) is 0 Å². The molecule has 2 unspecified atom stereocenters. The number of rotatable bonds is 8. The lowest BCUT2D eigenvalue weighted by molar-refractivity contribution is 0.180. The molecule has 0 aromatic carbocycles. The van der Waals surface area contributed by atoms with Crippen molar-refractivity contribution in [2.75, 3.05) is 31.7 Å². The Morgan fingerprint density at radius 1 is 1.33 bits per heavy atom. The van der Waals surface area contributed by atoms with Crippen LogP contribution in [0.1, 0.15) is 39.6 Å². The summed E-state index contributed by atoms with van der Waals surface area (Å²) in [6.07, 6.45) is 0. The summed E-state index contributed by atoms with van der Waals surface area (Å²) in [6, 6.07) is 0.845. The van der Waals surface area contributed by atoms with Gasteiger partial charge in [0.15, 0.2) is 0 Å². The lowest BCUT2D eigenvalue weighted by Crippen LogP contribution is -2.36. The minimum absolute atomic E-state index is 0.0766. The van der Waals surface area contributed by atoms with E-state index in [9.17, 15) is 0 Å². The highest BCUT2D eigenvalue weighted by Crippen LogP contribution is 2.19. The summed E-state index contributed by atoms with van der Waals surface area (Å²) in [5, 5.41) is 11.4. The van der Waals surface area contributed by atoms with Crippen molar-refractivity contribution in [2.45, 2.75) is 39.8 Å². The van der Waals surface area contributed by atoms with E-state index >= 15 is 0 Å². The van der Waals surface area contributed by atoms with Gasteiger partial charge in [-0.3, -0.25) is 0 Å². The number of likely N-dealkylation sites (N-methyl/N-ethyl adjacent to an activating group) is 1. The van der Waals surface area contributed by atoms with Crippen LogP contribution >= 0.6 is 0 Å². The van der Waals surface area contributed by atoms with Crippen molar-refractivity contribution in [3.8, 4) is 0 Å². The lowest BCUT2D eigenvalue weighted by Gasteiger charge is -2.25. The molecule has 18 heavy (non-hydrogen) atoms. The Balaban J connectivity index is 2.75. The number of nitrogens with zero attached hydrogens (tertiary/aromatic N) is 3. The standard InChI is InChI=1S/C12H24N4O2/c1-6-13-10(4)11-14-15-12(18-11)16(7-2)9(3)8-17-5/h9-10,13H,6-8H2,1-5H3. The maximum absolute atomic E-state index is 5.70. The summed E-state index contributed by atoms with van der Waals surface area (Å²) in [7, 11) is 1.69. The summed E-state index contributed by atoms with van der Waals surface area (Å²) >= 11 is 0. The first-order valence-electron chi connectivity index (χ1n) is 6.46. The Hall–Kier alpha value is -1.14. The summed E-state index contributed by atoms with van der Waals surface area (Å²) < 4.78 is 10.9. The molecule has 0 fully saturated rings. The van der Waals surface area contributed by atoms with Crippen LogP contribution in [0.2, 0.25) is 0 Å². The molecule has 6 nitrogen and oxygen atoms in total. The number of hydrogen-bond acceptors (Lipinski definition) is 6. The van der Waals surface area contributed by atoms with Crippen molar-refractivity contribution >= 4 is 6.01 Å². The number of nitrogens with one attached hydrogen (secondary N) is 1. The van der Waals surface area contributed by atoms with E-state index < -0.39 is 0 Å². The lowest BCUT2D eigenvalue weighted by atomic mass is 10.3. The summed E-state index contributed by atoms with van der Waals surface area (Å²) in [4.78, 5) is 2.04. The third kappa shape index (κ3) is 3.68. The summed E-state index contributed by atoms with van der Waals surface area (Å²) in [6.45, 7) is 10.5. The van der Waals surface area contributed by atoms with Gasteiger partial charge in [-0.25, -0.2) is 0 Å². The van der Waals surface area contributed by atoms with Crippen molar-refractivity contribution in [1.82, 2.24) is 15.5 Å². The van der Waals surface area contributed by atoms with Crippen LogP contribution in [-0.2, 0) is 4.74 Å². The molecule has 1 aromatic rings. The third-order valence-electron chi connectivity index (χ3n) is 2.84. The first-order valence-corrected chi connectivity index (χ1v) is 6.46. The molecule has 104 valence electrons. The predicted octanol–water partition coefficient (Wildman–Crippen LogP) is 1.60. The van der Waals surface area contributed by atoms with Crippen molar-refractivity contribution in [3.63, 3.8) is 0 Å². The fourth-order valence-electron chi connectivity index (χ4n) is 1.88. The minimum Gasteiger partial charge on any atom is -0.406 e. The molecule has 1 rings (SSSR count). The molecule has 1 heterocycles. The van der Waals surface area contributed by atoms with Gasteiger partial charge in [0.2, 0.25) is 5.89 Å². The van der Waals surface area contributed by atoms with Crippen molar-refractivity contribution < 1.29 is 9.15 Å². The SMILES string of the molecule is CCNC(C)c1nnc(N(CC)C(C)COC)o1. The zero-order valence-electron chi connectivity index (χ0n) is 11.9. The van der Waals surface area contributed by atoms with Crippen molar-refractivity contribution in [3.05, 3.63) is 5.89 Å². The largest absolute Gasteiger partial charge is 0.406 e. The quantitative estimate of drug-likeness (QED) is 0.762. The fourth-order valence-corrected chi connectivity index (χ4v) is 1.88. The Labute approximate surface area is 109 Å². The first kappa shape index (κ1) is 14.9. The Morgan fingerprint density at radius 2 is 2.06 bits per heavy atom. The van der Waals surface area contributed by atoms with Crippen LogP contribution in [0.4, 0.5) is 6.01 Å². The van der Waals surface area contributed by atoms with Gasteiger partial charge in [0.1, 0.15) is 0 Å². The molecule has 0 saturated carbocycles. The van der Waals surface area contributed by atoms with Gasteiger partial charge in [-0.2, -0.15) is 0 Å². The number of methoxy groups -OCH3 is 1. The van der Waals surface area contributed by atoms with Crippen molar-refractivity contribution in [1.29, 1.82) is 0 Å². The highest BCUT2D eigenvalue weighted by molar-refractivity contribution is 5.26. The molecule has 0 amide bonds. The number of hydrogen-bond donors (Lipinski definition) is 1. The maximum Gasteiger partial charge on any atom is 0.318 e.